The van der Waals surface area contributed by atoms with Crippen LogP contribution in [0.1, 0.15) is 13.8 Å². The van der Waals surface area contributed by atoms with Gasteiger partial charge in [-0.3, -0.25) is 0 Å². The number of carbonyl (C=O) groups is 1. The lowest BCUT2D eigenvalue weighted by atomic mass is 10.3. The molecule has 0 aliphatic carbocycles. The second-order valence-electron chi connectivity index (χ2n) is 1.96. The fourth-order valence-corrected chi connectivity index (χ4v) is 0. The fourth-order valence-electron chi connectivity index (χ4n) is 0. The van der Waals surface area contributed by atoms with E-state index in [1.54, 1.807) is 0 Å². The monoisotopic (exact) mass is 132 g/mol. The molecule has 0 atom stereocenters. The third kappa shape index (κ3) is 35.4. The zero-order valence-corrected chi connectivity index (χ0v) is 6.13. The summed E-state index contributed by atoms with van der Waals surface area (Å²) in [4.78, 5) is 9.50. The molecule has 0 saturated heterocycles. The molecule has 0 fully saturated rings. The van der Waals surface area contributed by atoms with E-state index in [0.717, 1.165) is 6.29 Å². The van der Waals surface area contributed by atoms with Crippen molar-refractivity contribution in [3.8, 4) is 0 Å². The van der Waals surface area contributed by atoms with Crippen LogP contribution in [0.2, 0.25) is 0 Å². The molecule has 4 N–H and O–H groups in total. The second-order valence-corrected chi connectivity index (χ2v) is 1.96. The van der Waals surface area contributed by atoms with Crippen LogP contribution in [0.4, 0.5) is 0 Å². The van der Waals surface area contributed by atoms with Crippen LogP contribution in [0.15, 0.2) is 0 Å². The highest BCUT2D eigenvalue weighted by Gasteiger charge is 1.79. The molecule has 0 aliphatic heterocycles. The van der Waals surface area contributed by atoms with Crippen molar-refractivity contribution in [2.45, 2.75) is 13.8 Å². The molecule has 0 saturated carbocycles. The van der Waals surface area contributed by atoms with E-state index in [2.05, 4.69) is 0 Å². The molecule has 9 heavy (non-hydrogen) atoms. The Morgan fingerprint density at radius 3 is 1.56 bits per heavy atom. The van der Waals surface area contributed by atoms with Crippen LogP contribution in [-0.2, 0) is 4.79 Å². The van der Waals surface area contributed by atoms with Crippen LogP contribution in [0.3, 0.4) is 0 Å². The Hall–Kier alpha value is -0.410. The Bertz CT molecular complexity index is 53.0. The SMILES string of the molecule is CC(C)C=O.NCCN. The normalized spacial score (nSPS) is 8.11. The zero-order chi connectivity index (χ0) is 7.70. The Labute approximate surface area is 56.4 Å². The minimum atomic E-state index is 0.204. The van der Waals surface area contributed by atoms with E-state index in [1.165, 1.54) is 0 Å². The van der Waals surface area contributed by atoms with Crippen LogP contribution in [0.5, 0.6) is 0 Å². The van der Waals surface area contributed by atoms with Crippen molar-refractivity contribution < 1.29 is 4.79 Å². The van der Waals surface area contributed by atoms with E-state index in [9.17, 15) is 4.79 Å². The summed E-state index contributed by atoms with van der Waals surface area (Å²) in [5.74, 6) is 0.204. The number of nitrogens with two attached hydrogens (primary N) is 2. The first-order valence-corrected chi connectivity index (χ1v) is 3.04. The summed E-state index contributed by atoms with van der Waals surface area (Å²) >= 11 is 0. The van der Waals surface area contributed by atoms with Crippen LogP contribution >= 0.6 is 0 Å². The summed E-state index contributed by atoms with van der Waals surface area (Å²) in [5.41, 5.74) is 9.81. The second kappa shape index (κ2) is 10.5. The highest BCUT2D eigenvalue weighted by Crippen LogP contribution is 1.78. The zero-order valence-electron chi connectivity index (χ0n) is 6.13. The van der Waals surface area contributed by atoms with Crippen LogP contribution in [-0.4, -0.2) is 19.4 Å². The third-order valence-corrected chi connectivity index (χ3v) is 0.439. The van der Waals surface area contributed by atoms with Gasteiger partial charge in [-0.15, -0.1) is 0 Å². The van der Waals surface area contributed by atoms with Gasteiger partial charge in [-0.25, -0.2) is 0 Å². The summed E-state index contributed by atoms with van der Waals surface area (Å²) < 4.78 is 0. The molecule has 0 aromatic heterocycles. The maximum atomic E-state index is 9.50. The highest BCUT2D eigenvalue weighted by molar-refractivity contribution is 5.51. The van der Waals surface area contributed by atoms with Crippen LogP contribution < -0.4 is 11.5 Å². The van der Waals surface area contributed by atoms with Crippen molar-refractivity contribution in [2.24, 2.45) is 17.4 Å². The summed E-state index contributed by atoms with van der Waals surface area (Å²) in [7, 11) is 0. The van der Waals surface area contributed by atoms with Crippen LogP contribution in [0.25, 0.3) is 0 Å². The van der Waals surface area contributed by atoms with Crippen molar-refractivity contribution in [1.82, 2.24) is 0 Å². The lowest BCUT2D eigenvalue weighted by molar-refractivity contribution is -0.110. The predicted molar refractivity (Wildman–Crippen MR) is 39.0 cm³/mol. The first-order valence-electron chi connectivity index (χ1n) is 3.04. The molecule has 0 aliphatic rings. The lowest BCUT2D eigenvalue weighted by Crippen LogP contribution is -2.11. The quantitative estimate of drug-likeness (QED) is 0.509. The van der Waals surface area contributed by atoms with Gasteiger partial charge in [0.2, 0.25) is 0 Å². The van der Waals surface area contributed by atoms with Gasteiger partial charge in [0.15, 0.2) is 0 Å². The van der Waals surface area contributed by atoms with Gasteiger partial charge in [0.1, 0.15) is 6.29 Å². The van der Waals surface area contributed by atoms with Gasteiger partial charge in [-0.2, -0.15) is 0 Å². The van der Waals surface area contributed by atoms with Gasteiger partial charge in [0.05, 0.1) is 0 Å². The Kier molecular flexibility index (Phi) is 13.4. The van der Waals surface area contributed by atoms with E-state index in [1.807, 2.05) is 13.8 Å². The van der Waals surface area contributed by atoms with Crippen LogP contribution in [0, 0.1) is 5.92 Å². The van der Waals surface area contributed by atoms with Gasteiger partial charge in [-0.05, 0) is 0 Å². The molecule has 0 unspecified atom stereocenters. The van der Waals surface area contributed by atoms with Gasteiger partial charge in [-0.1, -0.05) is 13.8 Å². The van der Waals surface area contributed by atoms with Crippen molar-refractivity contribution >= 4 is 6.29 Å². The minimum absolute atomic E-state index is 0.204. The number of hydrogen-bond acceptors (Lipinski definition) is 3. The Morgan fingerprint density at radius 1 is 1.33 bits per heavy atom. The third-order valence-electron chi connectivity index (χ3n) is 0.439. The largest absolute Gasteiger partial charge is 0.329 e. The van der Waals surface area contributed by atoms with Crippen molar-refractivity contribution in [1.29, 1.82) is 0 Å². The van der Waals surface area contributed by atoms with E-state index in [4.69, 9.17) is 11.5 Å². The fraction of sp³-hybridized carbons (Fsp3) is 0.833. The summed E-state index contributed by atoms with van der Waals surface area (Å²) in [5, 5.41) is 0. The molecular formula is C6H16N2O. The topological polar surface area (TPSA) is 69.1 Å². The van der Waals surface area contributed by atoms with Crippen molar-refractivity contribution in [3.63, 3.8) is 0 Å². The van der Waals surface area contributed by atoms with Crippen molar-refractivity contribution in [3.05, 3.63) is 0 Å². The Morgan fingerprint density at radius 2 is 1.56 bits per heavy atom. The summed E-state index contributed by atoms with van der Waals surface area (Å²) in [6.45, 7) is 4.90. The maximum Gasteiger partial charge on any atom is 0.122 e. The van der Waals surface area contributed by atoms with Gasteiger partial charge in [0.25, 0.3) is 0 Å². The smallest absolute Gasteiger partial charge is 0.122 e. The predicted octanol–water partition coefficient (Wildman–Crippen LogP) is -0.255. The highest BCUT2D eigenvalue weighted by atomic mass is 16.1. The number of rotatable bonds is 2. The maximum absolute atomic E-state index is 9.50. The van der Waals surface area contributed by atoms with E-state index in [-0.39, 0.29) is 5.92 Å². The number of carbonyl (C=O) groups excluding carboxylic acids is 1. The van der Waals surface area contributed by atoms with E-state index in [0.29, 0.717) is 13.1 Å². The molecule has 0 spiro atoms. The molecule has 0 amide bonds. The molecule has 0 rings (SSSR count). The summed E-state index contributed by atoms with van der Waals surface area (Å²) in [6.07, 6.45) is 0.917. The first kappa shape index (κ1) is 11.4. The number of aldehydes is 1. The average molecular weight is 132 g/mol. The first-order chi connectivity index (χ1) is 4.18. The molecule has 3 nitrogen and oxygen atoms in total. The minimum Gasteiger partial charge on any atom is -0.329 e. The van der Waals surface area contributed by atoms with E-state index < -0.39 is 0 Å². The van der Waals surface area contributed by atoms with Gasteiger partial charge >= 0.3 is 0 Å². The van der Waals surface area contributed by atoms with E-state index >= 15 is 0 Å². The molecule has 0 heterocycles. The van der Waals surface area contributed by atoms with Gasteiger partial charge < -0.3 is 16.3 Å². The standard InChI is InChI=1S/C4H8O.C2H8N2/c1-4(2)3-5;3-1-2-4/h3-4H,1-2H3;1-4H2. The molecular weight excluding hydrogens is 116 g/mol. The summed E-state index contributed by atoms with van der Waals surface area (Å²) in [6, 6.07) is 0. The van der Waals surface area contributed by atoms with Crippen molar-refractivity contribution in [2.75, 3.05) is 13.1 Å². The molecule has 0 bridgehead atoms. The number of hydrogen-bond donors (Lipinski definition) is 2. The lowest BCUT2D eigenvalue weighted by Gasteiger charge is -1.78. The molecule has 0 radical (unpaired) electrons. The molecule has 0 aromatic carbocycles. The molecule has 3 heteroatoms. The van der Waals surface area contributed by atoms with Gasteiger partial charge in [0, 0.05) is 19.0 Å². The molecule has 56 valence electrons. The average Bonchev–Trinajstić information content (AvgIpc) is 1.89. The Balaban J connectivity index is 0. The molecule has 0 aromatic rings.